The van der Waals surface area contributed by atoms with Gasteiger partial charge in [-0.15, -0.1) is 0 Å². The number of hydrogen-bond donors (Lipinski definition) is 0. The maximum absolute atomic E-state index is 7.19. The summed E-state index contributed by atoms with van der Waals surface area (Å²) in [4.78, 5) is 0. The third-order valence-corrected chi connectivity index (χ3v) is 12.9. The van der Waals surface area contributed by atoms with Gasteiger partial charge >= 0.3 is 0 Å². The fraction of sp³-hybridized carbons (Fsp3) is 0.265. The van der Waals surface area contributed by atoms with Crippen LogP contribution in [0.3, 0.4) is 0 Å². The lowest BCUT2D eigenvalue weighted by molar-refractivity contribution is 0.0310. The van der Waals surface area contributed by atoms with E-state index in [1.54, 1.807) is 5.57 Å². The Kier molecular flexibility index (Phi) is 6.94. The summed E-state index contributed by atoms with van der Waals surface area (Å²) in [5.41, 5.74) is 11.4. The van der Waals surface area contributed by atoms with Crippen LogP contribution in [0.2, 0.25) is 0 Å². The van der Waals surface area contributed by atoms with Crippen molar-refractivity contribution in [1.82, 2.24) is 4.57 Å². The van der Waals surface area contributed by atoms with Gasteiger partial charge in [0.1, 0.15) is 23.4 Å². The molecule has 11 rings (SSSR count). The maximum Gasteiger partial charge on any atom is 0.132 e. The molecule has 256 valence electrons. The molecule has 5 aromatic rings. The largest absolute Gasteiger partial charge is 0.490 e. The van der Waals surface area contributed by atoms with Gasteiger partial charge in [0.25, 0.3) is 0 Å². The molecule has 0 radical (unpaired) electrons. The first-order valence-corrected chi connectivity index (χ1v) is 19.5. The quantitative estimate of drug-likeness (QED) is 0.177. The summed E-state index contributed by atoms with van der Waals surface area (Å²) in [5.74, 6) is 3.84. The lowest BCUT2D eigenvalue weighted by Crippen LogP contribution is -2.51. The van der Waals surface area contributed by atoms with Crippen LogP contribution in [0, 0.1) is 11.8 Å². The lowest BCUT2D eigenvalue weighted by Gasteiger charge is -2.54. The molecule has 4 atom stereocenters. The van der Waals surface area contributed by atoms with E-state index >= 15 is 0 Å². The van der Waals surface area contributed by atoms with Gasteiger partial charge in [0.05, 0.1) is 16.4 Å². The molecule has 3 heteroatoms. The molecule has 4 unspecified atom stereocenters. The van der Waals surface area contributed by atoms with Gasteiger partial charge in [-0.1, -0.05) is 103 Å². The van der Waals surface area contributed by atoms with E-state index in [1.165, 1.54) is 74.6 Å². The number of nitrogens with zero attached hydrogens (tertiary/aromatic N) is 1. The summed E-state index contributed by atoms with van der Waals surface area (Å²) >= 11 is 0. The lowest BCUT2D eigenvalue weighted by atomic mass is 9.53. The number of hydrogen-bond acceptors (Lipinski definition) is 2. The predicted octanol–water partition coefficient (Wildman–Crippen LogP) is 12.7. The van der Waals surface area contributed by atoms with Crippen molar-refractivity contribution in [2.45, 2.75) is 69.3 Å². The second-order valence-electron chi connectivity index (χ2n) is 15.5. The summed E-state index contributed by atoms with van der Waals surface area (Å²) in [6.45, 7) is 0. The van der Waals surface area contributed by atoms with Crippen LogP contribution in [0.4, 0.5) is 0 Å². The van der Waals surface area contributed by atoms with E-state index < -0.39 is 5.41 Å². The molecule has 1 spiro atoms. The number of aromatic nitrogens is 1. The highest BCUT2D eigenvalue weighted by molar-refractivity contribution is 6.16. The second-order valence-corrected chi connectivity index (χ2v) is 15.5. The van der Waals surface area contributed by atoms with Crippen LogP contribution >= 0.6 is 0 Å². The van der Waals surface area contributed by atoms with Crippen molar-refractivity contribution < 1.29 is 9.47 Å². The van der Waals surface area contributed by atoms with Crippen molar-refractivity contribution in [1.29, 1.82) is 0 Å². The molecule has 0 saturated carbocycles. The average molecular weight is 678 g/mol. The van der Waals surface area contributed by atoms with Crippen LogP contribution in [-0.4, -0.2) is 10.7 Å². The standard InChI is InChI=1S/C49H43NO2/c1-3-15-32(16-4-1)33-29-30-40-46(31-33)52-44-27-12-9-23-39(44)49(40)38-22-8-11-26-43(38)51-45-28-14-21-36(48(45)49)35-20-13-25-42-47(35)37-19-7-10-24-41(37)50(42)34-17-5-2-6-18-34/h2-3,5,7-11,13-15,17,19-26,28,31-32,40,46H,1,4,6,12,16,18,27,29-30H2. The van der Waals surface area contributed by atoms with Gasteiger partial charge in [-0.25, -0.2) is 0 Å². The fourth-order valence-corrected chi connectivity index (χ4v) is 10.8. The van der Waals surface area contributed by atoms with Gasteiger partial charge in [-0.05, 0) is 105 Å². The molecular formula is C49H43NO2. The van der Waals surface area contributed by atoms with Crippen LogP contribution < -0.4 is 4.74 Å². The molecule has 52 heavy (non-hydrogen) atoms. The molecule has 3 heterocycles. The first kappa shape index (κ1) is 30.4. The molecule has 0 fully saturated rings. The Morgan fingerprint density at radius 1 is 0.712 bits per heavy atom. The normalized spacial score (nSPS) is 25.9. The van der Waals surface area contributed by atoms with Crippen LogP contribution in [0.25, 0.3) is 38.6 Å². The van der Waals surface area contributed by atoms with Gasteiger partial charge in [0.2, 0.25) is 0 Å². The molecule has 4 aromatic carbocycles. The molecular weight excluding hydrogens is 635 g/mol. The molecule has 0 amide bonds. The van der Waals surface area contributed by atoms with Crippen molar-refractivity contribution in [3.05, 3.63) is 162 Å². The Labute approximate surface area is 306 Å². The maximum atomic E-state index is 7.19. The van der Waals surface area contributed by atoms with E-state index in [2.05, 4.69) is 138 Å². The number of rotatable bonds is 3. The highest BCUT2D eigenvalue weighted by atomic mass is 16.5. The van der Waals surface area contributed by atoms with E-state index in [4.69, 9.17) is 9.47 Å². The Bertz CT molecular complexity index is 2480. The highest BCUT2D eigenvalue weighted by Gasteiger charge is 2.58. The van der Waals surface area contributed by atoms with Gasteiger partial charge in [-0.3, -0.25) is 0 Å². The Hall–Kier alpha value is -5.28. The SMILES string of the molecule is C1=CCCC(n2c3ccccc3c3c(-c4cccc5c4C4(C6=C(CCC=C6)OC6C=C(C7C=CCCC7)CCC64)c4ccccc4O5)cccc32)=C1. The van der Waals surface area contributed by atoms with Crippen LogP contribution in [0.15, 0.2) is 150 Å². The monoisotopic (exact) mass is 677 g/mol. The van der Waals surface area contributed by atoms with Crippen LogP contribution in [0.5, 0.6) is 11.5 Å². The molecule has 3 nitrogen and oxygen atoms in total. The third-order valence-electron chi connectivity index (χ3n) is 12.9. The van der Waals surface area contributed by atoms with E-state index in [0.29, 0.717) is 5.92 Å². The van der Waals surface area contributed by atoms with Gasteiger partial charge in [0.15, 0.2) is 0 Å². The van der Waals surface area contributed by atoms with E-state index in [0.717, 1.165) is 55.8 Å². The first-order chi connectivity index (χ1) is 25.8. The minimum atomic E-state index is -0.433. The van der Waals surface area contributed by atoms with Crippen LogP contribution in [-0.2, 0) is 10.2 Å². The zero-order valence-corrected chi connectivity index (χ0v) is 29.6. The van der Waals surface area contributed by atoms with Gasteiger partial charge in [-0.2, -0.15) is 0 Å². The van der Waals surface area contributed by atoms with Crippen molar-refractivity contribution in [2.75, 3.05) is 0 Å². The number of fused-ring (bicyclic) bond motifs is 10. The predicted molar refractivity (Wildman–Crippen MR) is 212 cm³/mol. The molecule has 1 aromatic heterocycles. The van der Waals surface area contributed by atoms with Crippen molar-refractivity contribution in [3.63, 3.8) is 0 Å². The minimum absolute atomic E-state index is 0.000359. The number of ether oxygens (including phenoxy) is 2. The third kappa shape index (κ3) is 4.32. The topological polar surface area (TPSA) is 23.4 Å². The molecule has 0 saturated heterocycles. The average Bonchev–Trinajstić information content (AvgIpc) is 3.56. The number of allylic oxidation sites excluding steroid dienone is 11. The number of para-hydroxylation sites is 2. The minimum Gasteiger partial charge on any atom is -0.490 e. The highest BCUT2D eigenvalue weighted by Crippen LogP contribution is 2.64. The number of benzene rings is 4. The molecule has 4 aliphatic carbocycles. The van der Waals surface area contributed by atoms with Gasteiger partial charge in [0, 0.05) is 45.5 Å². The summed E-state index contributed by atoms with van der Waals surface area (Å²) in [6.07, 6.45) is 28.9. The van der Waals surface area contributed by atoms with Crippen molar-refractivity contribution in [2.24, 2.45) is 11.8 Å². The van der Waals surface area contributed by atoms with E-state index in [1.807, 2.05) is 0 Å². The summed E-state index contributed by atoms with van der Waals surface area (Å²) in [7, 11) is 0. The molecule has 2 aliphatic heterocycles. The van der Waals surface area contributed by atoms with E-state index in [-0.39, 0.29) is 12.0 Å². The molecule has 0 N–H and O–H groups in total. The Morgan fingerprint density at radius 3 is 2.48 bits per heavy atom. The summed E-state index contributed by atoms with van der Waals surface area (Å²) in [6, 6.07) is 31.6. The smallest absolute Gasteiger partial charge is 0.132 e. The Balaban J connectivity index is 1.21. The second kappa shape index (κ2) is 11.9. The summed E-state index contributed by atoms with van der Waals surface area (Å²) < 4.78 is 16.7. The van der Waals surface area contributed by atoms with Crippen molar-refractivity contribution >= 4 is 27.5 Å². The molecule has 6 aliphatic rings. The van der Waals surface area contributed by atoms with Crippen molar-refractivity contribution in [3.8, 4) is 22.6 Å². The first-order valence-electron chi connectivity index (χ1n) is 19.5. The van der Waals surface area contributed by atoms with Gasteiger partial charge < -0.3 is 14.0 Å². The zero-order valence-electron chi connectivity index (χ0n) is 29.6. The van der Waals surface area contributed by atoms with E-state index in [9.17, 15) is 0 Å². The fourth-order valence-electron chi connectivity index (χ4n) is 10.8. The zero-order chi connectivity index (χ0) is 34.2. The summed E-state index contributed by atoms with van der Waals surface area (Å²) in [5, 5.41) is 2.60. The van der Waals surface area contributed by atoms with Crippen LogP contribution in [0.1, 0.15) is 68.9 Å². The molecule has 0 bridgehead atoms. The Morgan fingerprint density at radius 2 is 1.56 bits per heavy atom.